The predicted molar refractivity (Wildman–Crippen MR) is 154 cm³/mol. The van der Waals surface area contributed by atoms with E-state index in [1.54, 1.807) is 24.3 Å². The molecule has 0 radical (unpaired) electrons. The molecule has 13 nitrogen and oxygen atoms in total. The van der Waals surface area contributed by atoms with Gasteiger partial charge in [0.2, 0.25) is 17.7 Å². The number of carbonyl (C=O) groups excluding carboxylic acids is 5. The Morgan fingerprint density at radius 3 is 2.37 bits per heavy atom. The SMILES string of the molecule is COc1ccccc1OCC(=O)N1C[C@@H]2CNC(=O)[C@@H](C)NC(=O)CN(C)C(=O)[C@@H](Cc3ccccc3)NC(=O)[C@@H](C1)O2. The van der Waals surface area contributed by atoms with Crippen LogP contribution in [0.4, 0.5) is 0 Å². The number of benzene rings is 2. The van der Waals surface area contributed by atoms with E-state index in [4.69, 9.17) is 14.2 Å². The smallest absolute Gasteiger partial charge is 0.260 e. The highest BCUT2D eigenvalue weighted by molar-refractivity contribution is 5.93. The monoisotopic (exact) mass is 595 g/mol. The van der Waals surface area contributed by atoms with Gasteiger partial charge in [0, 0.05) is 26.6 Å². The van der Waals surface area contributed by atoms with Crippen molar-refractivity contribution < 1.29 is 38.2 Å². The number of hydrogen-bond donors (Lipinski definition) is 3. The maximum atomic E-state index is 13.6. The zero-order chi connectivity index (χ0) is 30.9. The van der Waals surface area contributed by atoms with Gasteiger partial charge in [0.1, 0.15) is 12.1 Å². The van der Waals surface area contributed by atoms with Crippen LogP contribution in [0.1, 0.15) is 12.5 Å². The Hall–Kier alpha value is -4.65. The van der Waals surface area contributed by atoms with Crippen molar-refractivity contribution in [1.29, 1.82) is 0 Å². The van der Waals surface area contributed by atoms with Gasteiger partial charge in [-0.3, -0.25) is 24.0 Å². The van der Waals surface area contributed by atoms with Crippen molar-refractivity contribution in [2.75, 3.05) is 46.9 Å². The highest BCUT2D eigenvalue weighted by Crippen LogP contribution is 2.26. The van der Waals surface area contributed by atoms with Crippen molar-refractivity contribution in [3.05, 3.63) is 60.2 Å². The number of morpholine rings is 1. The highest BCUT2D eigenvalue weighted by atomic mass is 16.5. The van der Waals surface area contributed by atoms with Gasteiger partial charge >= 0.3 is 0 Å². The normalized spacial score (nSPS) is 23.7. The Balaban J connectivity index is 1.56. The number of para-hydroxylation sites is 2. The Morgan fingerprint density at radius 1 is 0.953 bits per heavy atom. The maximum absolute atomic E-state index is 13.6. The number of hydrogen-bond acceptors (Lipinski definition) is 8. The summed E-state index contributed by atoms with van der Waals surface area (Å²) in [6.45, 7) is 0.848. The molecule has 2 aliphatic heterocycles. The lowest BCUT2D eigenvalue weighted by Gasteiger charge is -2.38. The molecule has 0 unspecified atom stereocenters. The molecule has 3 N–H and O–H groups in total. The molecule has 2 bridgehead atoms. The van der Waals surface area contributed by atoms with Gasteiger partial charge in [-0.05, 0) is 24.6 Å². The fourth-order valence-electron chi connectivity index (χ4n) is 4.86. The lowest BCUT2D eigenvalue weighted by atomic mass is 10.0. The Kier molecular flexibility index (Phi) is 10.5. The Labute approximate surface area is 249 Å². The number of fused-ring (bicyclic) bond motifs is 2. The van der Waals surface area contributed by atoms with Gasteiger partial charge in [0.15, 0.2) is 24.2 Å². The van der Waals surface area contributed by atoms with Crippen LogP contribution in [0.15, 0.2) is 54.6 Å². The van der Waals surface area contributed by atoms with Gasteiger partial charge in [-0.1, -0.05) is 42.5 Å². The molecule has 0 aromatic heterocycles. The summed E-state index contributed by atoms with van der Waals surface area (Å²) in [4.78, 5) is 68.2. The lowest BCUT2D eigenvalue weighted by molar-refractivity contribution is -0.158. The number of rotatable bonds is 6. The zero-order valence-corrected chi connectivity index (χ0v) is 24.4. The molecule has 2 heterocycles. The summed E-state index contributed by atoms with van der Waals surface area (Å²) in [6.07, 6.45) is -1.72. The third-order valence-electron chi connectivity index (χ3n) is 7.16. The van der Waals surface area contributed by atoms with Crippen LogP contribution >= 0.6 is 0 Å². The summed E-state index contributed by atoms with van der Waals surface area (Å²) in [7, 11) is 2.94. The van der Waals surface area contributed by atoms with E-state index in [0.29, 0.717) is 11.5 Å². The average molecular weight is 596 g/mol. The molecule has 230 valence electrons. The van der Waals surface area contributed by atoms with Crippen LogP contribution in [0, 0.1) is 0 Å². The number of nitrogens with zero attached hydrogens (tertiary/aromatic N) is 2. The summed E-state index contributed by atoms with van der Waals surface area (Å²) in [6, 6.07) is 14.1. The number of ether oxygens (including phenoxy) is 3. The number of methoxy groups -OCH3 is 1. The maximum Gasteiger partial charge on any atom is 0.260 e. The fourth-order valence-corrected chi connectivity index (χ4v) is 4.86. The van der Waals surface area contributed by atoms with Crippen LogP contribution in [0.2, 0.25) is 0 Å². The first kappa shape index (κ1) is 31.3. The van der Waals surface area contributed by atoms with E-state index < -0.39 is 53.8 Å². The first-order valence-corrected chi connectivity index (χ1v) is 14.0. The number of nitrogens with one attached hydrogen (secondary N) is 3. The first-order chi connectivity index (χ1) is 20.6. The molecule has 4 atom stereocenters. The molecule has 0 saturated carbocycles. The van der Waals surface area contributed by atoms with Crippen molar-refractivity contribution >= 4 is 29.5 Å². The van der Waals surface area contributed by atoms with E-state index in [0.717, 1.165) is 5.56 Å². The average Bonchev–Trinajstić information content (AvgIpc) is 3.01. The topological polar surface area (TPSA) is 156 Å². The fraction of sp³-hybridized carbons (Fsp3) is 0.433. The summed E-state index contributed by atoms with van der Waals surface area (Å²) in [5.41, 5.74) is 0.799. The standard InChI is InChI=1S/C30H37N5O8/c1-19-28(38)31-14-21-15-35(27(37)18-42-24-12-8-7-11-23(24)41-3)16-25(43-21)29(39)33-22(13-20-9-5-4-6-10-20)30(40)34(2)17-26(36)32-19/h4-12,19,21-22,25H,13-18H2,1-3H3,(H,31,38)(H,32,36)(H,33,39)/t19-,21+,22-,25-/m1/s1. The van der Waals surface area contributed by atoms with Crippen molar-refractivity contribution in [2.24, 2.45) is 0 Å². The lowest BCUT2D eigenvalue weighted by Crippen LogP contribution is -2.60. The van der Waals surface area contributed by atoms with Gasteiger partial charge in [-0.2, -0.15) is 0 Å². The van der Waals surface area contributed by atoms with E-state index in [-0.39, 0.29) is 39.2 Å². The van der Waals surface area contributed by atoms with Crippen molar-refractivity contribution in [3.8, 4) is 11.5 Å². The Bertz CT molecular complexity index is 1320. The molecule has 0 spiro atoms. The molecule has 13 heteroatoms. The van der Waals surface area contributed by atoms with Gasteiger partial charge in [-0.15, -0.1) is 0 Å². The van der Waals surface area contributed by atoms with Gasteiger partial charge in [-0.25, -0.2) is 0 Å². The largest absolute Gasteiger partial charge is 0.493 e. The molecule has 4 rings (SSSR count). The molecular weight excluding hydrogens is 558 g/mol. The van der Waals surface area contributed by atoms with Crippen LogP contribution < -0.4 is 25.4 Å². The van der Waals surface area contributed by atoms with E-state index in [1.807, 2.05) is 30.3 Å². The van der Waals surface area contributed by atoms with E-state index in [2.05, 4.69) is 16.0 Å². The first-order valence-electron chi connectivity index (χ1n) is 14.0. The molecule has 2 aromatic carbocycles. The van der Waals surface area contributed by atoms with Crippen LogP contribution in [0.3, 0.4) is 0 Å². The van der Waals surface area contributed by atoms with E-state index in [9.17, 15) is 24.0 Å². The number of likely N-dealkylation sites (N-methyl/N-ethyl adjacent to an activating group) is 1. The molecule has 2 aromatic rings. The molecular formula is C30H37N5O8. The molecule has 43 heavy (non-hydrogen) atoms. The van der Waals surface area contributed by atoms with Crippen molar-refractivity contribution in [3.63, 3.8) is 0 Å². The van der Waals surface area contributed by atoms with Crippen LogP contribution in [0.25, 0.3) is 0 Å². The summed E-state index contributed by atoms with van der Waals surface area (Å²) < 4.78 is 17.0. The second-order valence-corrected chi connectivity index (χ2v) is 10.5. The Morgan fingerprint density at radius 2 is 1.65 bits per heavy atom. The predicted octanol–water partition coefficient (Wildman–Crippen LogP) is -0.510. The summed E-state index contributed by atoms with van der Waals surface area (Å²) in [5, 5.41) is 8.07. The van der Waals surface area contributed by atoms with Gasteiger partial charge in [0.25, 0.3) is 11.8 Å². The molecule has 2 fully saturated rings. The van der Waals surface area contributed by atoms with Crippen LogP contribution in [0.5, 0.6) is 11.5 Å². The van der Waals surface area contributed by atoms with Crippen molar-refractivity contribution in [1.82, 2.24) is 25.8 Å². The second kappa shape index (κ2) is 14.5. The van der Waals surface area contributed by atoms with Gasteiger partial charge in [0.05, 0.1) is 26.3 Å². The minimum absolute atomic E-state index is 0.0216. The van der Waals surface area contributed by atoms with E-state index in [1.165, 1.54) is 30.9 Å². The second-order valence-electron chi connectivity index (χ2n) is 10.5. The summed E-state index contributed by atoms with van der Waals surface area (Å²) >= 11 is 0. The molecule has 2 aliphatic rings. The van der Waals surface area contributed by atoms with Gasteiger partial charge < -0.3 is 40.0 Å². The number of amides is 5. The third kappa shape index (κ3) is 8.44. The van der Waals surface area contributed by atoms with E-state index >= 15 is 0 Å². The quantitative estimate of drug-likeness (QED) is 0.404. The third-order valence-corrected chi connectivity index (χ3v) is 7.16. The minimum atomic E-state index is -1.13. The van der Waals surface area contributed by atoms with Crippen LogP contribution in [-0.4, -0.2) is 111 Å². The molecule has 2 saturated heterocycles. The zero-order valence-electron chi connectivity index (χ0n) is 24.4. The molecule has 0 aliphatic carbocycles. The molecule has 5 amide bonds. The number of carbonyl (C=O) groups is 5. The van der Waals surface area contributed by atoms with Crippen molar-refractivity contribution in [2.45, 2.75) is 37.6 Å². The van der Waals surface area contributed by atoms with Crippen LogP contribution in [-0.2, 0) is 35.1 Å². The summed E-state index contributed by atoms with van der Waals surface area (Å²) in [5.74, 6) is -1.66. The highest BCUT2D eigenvalue weighted by Gasteiger charge is 2.37. The minimum Gasteiger partial charge on any atom is -0.493 e.